The Morgan fingerprint density at radius 3 is 2.63 bits per heavy atom. The maximum atomic E-state index is 12.4. The van der Waals surface area contributed by atoms with Gasteiger partial charge in [0.05, 0.1) is 23.3 Å². The van der Waals surface area contributed by atoms with Gasteiger partial charge in [0.1, 0.15) is 22.4 Å². The first-order valence-corrected chi connectivity index (χ1v) is 10.4. The zero-order valence-corrected chi connectivity index (χ0v) is 17.5. The molecule has 0 atom stereocenters. The van der Waals surface area contributed by atoms with Gasteiger partial charge in [0.2, 0.25) is 5.91 Å². The van der Waals surface area contributed by atoms with Gasteiger partial charge in [0.15, 0.2) is 0 Å². The van der Waals surface area contributed by atoms with Crippen LogP contribution in [0.5, 0.6) is 5.75 Å². The summed E-state index contributed by atoms with van der Waals surface area (Å²) < 4.78 is 5.74. The molecular formula is C20H23N3O2S2. The van der Waals surface area contributed by atoms with Gasteiger partial charge in [0.25, 0.3) is 0 Å². The van der Waals surface area contributed by atoms with Gasteiger partial charge < -0.3 is 10.1 Å². The fourth-order valence-electron chi connectivity index (χ4n) is 2.48. The molecule has 2 aromatic heterocycles. The van der Waals surface area contributed by atoms with Crippen molar-refractivity contribution in [3.8, 4) is 5.75 Å². The number of nitrogens with one attached hydrogen (secondary N) is 1. The van der Waals surface area contributed by atoms with Crippen molar-refractivity contribution >= 4 is 33.6 Å². The Balaban J connectivity index is 1.55. The number of amides is 1. The summed E-state index contributed by atoms with van der Waals surface area (Å²) in [6, 6.07) is 7.91. The number of rotatable bonds is 6. The van der Waals surface area contributed by atoms with E-state index in [2.05, 4.69) is 36.1 Å². The molecule has 0 bridgehead atoms. The first-order valence-electron chi connectivity index (χ1n) is 8.68. The van der Waals surface area contributed by atoms with E-state index >= 15 is 0 Å². The Bertz CT molecular complexity index is 908. The number of thiazole rings is 2. The van der Waals surface area contributed by atoms with Crippen molar-refractivity contribution in [2.24, 2.45) is 0 Å². The summed E-state index contributed by atoms with van der Waals surface area (Å²) in [6.07, 6.45) is 0.239. The van der Waals surface area contributed by atoms with Gasteiger partial charge >= 0.3 is 0 Å². The number of ether oxygens (including phenoxy) is 1. The monoisotopic (exact) mass is 401 g/mol. The van der Waals surface area contributed by atoms with E-state index in [1.807, 2.05) is 36.6 Å². The van der Waals surface area contributed by atoms with E-state index in [-0.39, 0.29) is 17.7 Å². The molecule has 3 rings (SSSR count). The molecule has 7 heteroatoms. The third-order valence-corrected chi connectivity index (χ3v) is 5.47. The minimum Gasteiger partial charge on any atom is -0.486 e. The van der Waals surface area contributed by atoms with Crippen LogP contribution in [0.4, 0.5) is 5.00 Å². The van der Waals surface area contributed by atoms with Crippen molar-refractivity contribution in [1.29, 1.82) is 0 Å². The van der Waals surface area contributed by atoms with Crippen LogP contribution < -0.4 is 10.1 Å². The van der Waals surface area contributed by atoms with E-state index in [1.165, 1.54) is 28.2 Å². The SMILES string of the molecule is Cc1ccc(OCc2nc(CC(=O)Nc3scnc3C(C)(C)C)cs2)cc1. The van der Waals surface area contributed by atoms with Gasteiger partial charge in [-0.05, 0) is 19.1 Å². The van der Waals surface area contributed by atoms with Crippen LogP contribution in [0.3, 0.4) is 0 Å². The molecule has 0 unspecified atom stereocenters. The van der Waals surface area contributed by atoms with Crippen LogP contribution in [0.1, 0.15) is 42.7 Å². The van der Waals surface area contributed by atoms with Crippen LogP contribution >= 0.6 is 22.7 Å². The summed E-state index contributed by atoms with van der Waals surface area (Å²) in [6.45, 7) is 8.69. The zero-order valence-electron chi connectivity index (χ0n) is 15.9. The molecule has 0 fully saturated rings. The van der Waals surface area contributed by atoms with Crippen LogP contribution in [0.2, 0.25) is 0 Å². The molecule has 0 aliphatic heterocycles. The Morgan fingerprint density at radius 2 is 1.93 bits per heavy atom. The van der Waals surface area contributed by atoms with E-state index in [0.717, 1.165) is 27.1 Å². The summed E-state index contributed by atoms with van der Waals surface area (Å²) >= 11 is 2.95. The maximum Gasteiger partial charge on any atom is 0.231 e. The largest absolute Gasteiger partial charge is 0.486 e. The van der Waals surface area contributed by atoms with Crippen LogP contribution in [0, 0.1) is 6.92 Å². The number of hydrogen-bond acceptors (Lipinski definition) is 6. The molecular weight excluding hydrogens is 378 g/mol. The molecule has 2 heterocycles. The van der Waals surface area contributed by atoms with E-state index in [9.17, 15) is 4.79 Å². The second-order valence-corrected chi connectivity index (χ2v) is 9.14. The predicted octanol–water partition coefficient (Wildman–Crippen LogP) is 4.97. The minimum atomic E-state index is -0.107. The summed E-state index contributed by atoms with van der Waals surface area (Å²) in [5, 5.41) is 6.54. The Morgan fingerprint density at radius 1 is 1.19 bits per heavy atom. The topological polar surface area (TPSA) is 64.1 Å². The number of aromatic nitrogens is 2. The fourth-order valence-corrected chi connectivity index (χ4v) is 4.09. The lowest BCUT2D eigenvalue weighted by atomic mass is 9.92. The van der Waals surface area contributed by atoms with Gasteiger partial charge in [-0.1, -0.05) is 38.5 Å². The molecule has 5 nitrogen and oxygen atoms in total. The van der Waals surface area contributed by atoms with E-state index < -0.39 is 0 Å². The molecule has 1 amide bonds. The molecule has 1 aromatic carbocycles. The number of anilines is 1. The number of aryl methyl sites for hydroxylation is 1. The van der Waals surface area contributed by atoms with Gasteiger partial charge in [0, 0.05) is 10.8 Å². The first-order chi connectivity index (χ1) is 12.8. The summed E-state index contributed by atoms with van der Waals surface area (Å²) in [5.41, 5.74) is 4.51. The van der Waals surface area contributed by atoms with Gasteiger partial charge in [-0.2, -0.15) is 0 Å². The number of carbonyl (C=O) groups excluding carboxylic acids is 1. The second-order valence-electron chi connectivity index (χ2n) is 7.34. The average Bonchev–Trinajstić information content (AvgIpc) is 3.23. The zero-order chi connectivity index (χ0) is 19.4. The van der Waals surface area contributed by atoms with Crippen molar-refractivity contribution in [2.45, 2.75) is 46.1 Å². The third kappa shape index (κ3) is 5.37. The lowest BCUT2D eigenvalue weighted by Crippen LogP contribution is -2.19. The molecule has 0 aliphatic rings. The smallest absolute Gasteiger partial charge is 0.231 e. The van der Waals surface area contributed by atoms with Gasteiger partial charge in [-0.25, -0.2) is 9.97 Å². The van der Waals surface area contributed by atoms with Crippen LogP contribution in [0.25, 0.3) is 0 Å². The standard InChI is InChI=1S/C20H23N3O2S2/c1-13-5-7-15(8-6-13)25-10-17-22-14(11-26-17)9-16(24)23-19-18(20(2,3)4)21-12-27-19/h5-8,11-12H,9-10H2,1-4H3,(H,23,24). The van der Waals surface area contributed by atoms with Crippen LogP contribution in [-0.4, -0.2) is 15.9 Å². The number of benzene rings is 1. The second kappa shape index (κ2) is 8.19. The van der Waals surface area contributed by atoms with Crippen molar-refractivity contribution in [1.82, 2.24) is 9.97 Å². The summed E-state index contributed by atoms with van der Waals surface area (Å²) in [4.78, 5) is 21.3. The molecule has 3 aromatic rings. The molecule has 0 aliphatic carbocycles. The Kier molecular flexibility index (Phi) is 5.92. The lowest BCUT2D eigenvalue weighted by molar-refractivity contribution is -0.115. The lowest BCUT2D eigenvalue weighted by Gasteiger charge is -2.17. The number of nitrogens with zero attached hydrogens (tertiary/aromatic N) is 2. The van der Waals surface area contributed by atoms with Gasteiger partial charge in [-0.3, -0.25) is 4.79 Å². The Labute approximate surface area is 167 Å². The van der Waals surface area contributed by atoms with E-state index in [0.29, 0.717) is 6.61 Å². The number of carbonyl (C=O) groups is 1. The molecule has 1 N–H and O–H groups in total. The van der Waals surface area contributed by atoms with Crippen molar-refractivity contribution in [3.05, 3.63) is 57.1 Å². The molecule has 0 saturated carbocycles. The first kappa shape index (κ1) is 19.5. The number of hydrogen-bond donors (Lipinski definition) is 1. The molecule has 27 heavy (non-hydrogen) atoms. The highest BCUT2D eigenvalue weighted by Crippen LogP contribution is 2.31. The summed E-state index contributed by atoms with van der Waals surface area (Å²) in [7, 11) is 0. The fraction of sp³-hybridized carbons (Fsp3) is 0.350. The van der Waals surface area contributed by atoms with Crippen LogP contribution in [0.15, 0.2) is 35.2 Å². The van der Waals surface area contributed by atoms with Crippen molar-refractivity contribution in [3.63, 3.8) is 0 Å². The van der Waals surface area contributed by atoms with E-state index in [1.54, 1.807) is 5.51 Å². The van der Waals surface area contributed by atoms with E-state index in [4.69, 9.17) is 4.74 Å². The molecule has 0 spiro atoms. The molecule has 0 radical (unpaired) electrons. The Hall–Kier alpha value is -2.25. The van der Waals surface area contributed by atoms with Crippen molar-refractivity contribution in [2.75, 3.05) is 5.32 Å². The highest BCUT2D eigenvalue weighted by atomic mass is 32.1. The highest BCUT2D eigenvalue weighted by Gasteiger charge is 2.22. The normalized spacial score (nSPS) is 11.4. The maximum absolute atomic E-state index is 12.4. The third-order valence-electron chi connectivity index (χ3n) is 3.86. The van der Waals surface area contributed by atoms with Crippen molar-refractivity contribution < 1.29 is 9.53 Å². The molecule has 0 saturated heterocycles. The highest BCUT2D eigenvalue weighted by molar-refractivity contribution is 7.14. The van der Waals surface area contributed by atoms with Crippen LogP contribution in [-0.2, 0) is 23.2 Å². The summed E-state index contributed by atoms with van der Waals surface area (Å²) in [5.74, 6) is 0.732. The van der Waals surface area contributed by atoms with Gasteiger partial charge in [-0.15, -0.1) is 22.7 Å². The quantitative estimate of drug-likeness (QED) is 0.634. The minimum absolute atomic E-state index is 0.0824. The average molecular weight is 402 g/mol. The predicted molar refractivity (Wildman–Crippen MR) is 111 cm³/mol. The molecule has 142 valence electrons.